The molecule has 3 N–H and O–H groups in total. The summed E-state index contributed by atoms with van der Waals surface area (Å²) in [5.74, 6) is 0.211. The molecule has 100 valence electrons. The molecular weight excluding hydrogens is 260 g/mol. The second kappa shape index (κ2) is 5.95. The maximum Gasteiger partial charge on any atom is 0.121 e. The van der Waals surface area contributed by atoms with Crippen LogP contribution in [0.2, 0.25) is 5.02 Å². The molecule has 0 aliphatic carbocycles. The lowest BCUT2D eigenvalue weighted by atomic mass is 10.0. The number of phenols is 1. The van der Waals surface area contributed by atoms with E-state index in [1.54, 1.807) is 18.2 Å². The summed E-state index contributed by atoms with van der Waals surface area (Å²) >= 11 is 6.00. The second-order valence-corrected chi connectivity index (χ2v) is 4.84. The van der Waals surface area contributed by atoms with Gasteiger partial charge in [0.05, 0.1) is 6.04 Å². The van der Waals surface area contributed by atoms with Crippen molar-refractivity contribution in [3.05, 3.63) is 59.1 Å². The summed E-state index contributed by atoms with van der Waals surface area (Å²) < 4.78 is 0. The molecule has 1 unspecified atom stereocenters. The zero-order valence-electron chi connectivity index (χ0n) is 10.8. The van der Waals surface area contributed by atoms with Crippen molar-refractivity contribution in [3.63, 3.8) is 0 Å². The number of para-hydroxylation sites is 1. The fourth-order valence-corrected chi connectivity index (χ4v) is 2.31. The molecule has 2 rings (SSSR count). The normalized spacial score (nSPS) is 12.2. The second-order valence-electron chi connectivity index (χ2n) is 4.40. The zero-order chi connectivity index (χ0) is 13.8. The van der Waals surface area contributed by atoms with Crippen LogP contribution in [0, 0.1) is 0 Å². The van der Waals surface area contributed by atoms with Crippen molar-refractivity contribution in [3.8, 4) is 5.75 Å². The van der Waals surface area contributed by atoms with Gasteiger partial charge in [-0.25, -0.2) is 0 Å². The number of benzene rings is 2. The van der Waals surface area contributed by atoms with Crippen molar-refractivity contribution in [2.24, 2.45) is 5.73 Å². The zero-order valence-corrected chi connectivity index (χ0v) is 11.5. The Balaban J connectivity index is 2.37. The SMILES string of the molecule is CN(c1ccccc1)C(CN)c1cc(Cl)ccc1O. The van der Waals surface area contributed by atoms with Gasteiger partial charge in [-0.05, 0) is 30.3 Å². The van der Waals surface area contributed by atoms with Crippen LogP contribution in [0.25, 0.3) is 0 Å². The Kier molecular flexibility index (Phi) is 4.30. The van der Waals surface area contributed by atoms with Gasteiger partial charge in [-0.3, -0.25) is 0 Å². The third kappa shape index (κ3) is 3.00. The predicted octanol–water partition coefficient (Wildman–Crippen LogP) is 3.18. The standard InChI is InChI=1S/C15H17ClN2O/c1-18(12-5-3-2-4-6-12)14(10-17)13-9-11(16)7-8-15(13)19/h2-9,14,19H,10,17H2,1H3. The summed E-state index contributed by atoms with van der Waals surface area (Å²) in [6.07, 6.45) is 0. The molecule has 0 aliphatic heterocycles. The van der Waals surface area contributed by atoms with Crippen molar-refractivity contribution in [1.82, 2.24) is 0 Å². The van der Waals surface area contributed by atoms with Crippen LogP contribution in [0.1, 0.15) is 11.6 Å². The average molecular weight is 277 g/mol. The molecule has 0 aromatic heterocycles. The third-order valence-corrected chi connectivity index (χ3v) is 3.44. The number of rotatable bonds is 4. The highest BCUT2D eigenvalue weighted by molar-refractivity contribution is 6.30. The molecule has 3 nitrogen and oxygen atoms in total. The van der Waals surface area contributed by atoms with E-state index in [2.05, 4.69) is 0 Å². The maximum atomic E-state index is 9.99. The first kappa shape index (κ1) is 13.7. The van der Waals surface area contributed by atoms with E-state index < -0.39 is 0 Å². The minimum absolute atomic E-state index is 0.124. The van der Waals surface area contributed by atoms with Crippen molar-refractivity contribution in [1.29, 1.82) is 0 Å². The summed E-state index contributed by atoms with van der Waals surface area (Å²) in [6, 6.07) is 14.8. The van der Waals surface area contributed by atoms with E-state index in [9.17, 15) is 5.11 Å². The predicted molar refractivity (Wildman–Crippen MR) is 79.8 cm³/mol. The third-order valence-electron chi connectivity index (χ3n) is 3.20. The number of nitrogens with zero attached hydrogens (tertiary/aromatic N) is 1. The van der Waals surface area contributed by atoms with Crippen LogP contribution in [0.4, 0.5) is 5.69 Å². The minimum Gasteiger partial charge on any atom is -0.508 e. The summed E-state index contributed by atoms with van der Waals surface area (Å²) in [4.78, 5) is 2.03. The van der Waals surface area contributed by atoms with E-state index in [1.165, 1.54) is 0 Å². The summed E-state index contributed by atoms with van der Waals surface area (Å²) in [7, 11) is 1.95. The monoisotopic (exact) mass is 276 g/mol. The van der Waals surface area contributed by atoms with Gasteiger partial charge in [-0.1, -0.05) is 29.8 Å². The molecule has 2 aromatic rings. The van der Waals surface area contributed by atoms with Gasteiger partial charge in [-0.2, -0.15) is 0 Å². The van der Waals surface area contributed by atoms with Crippen LogP contribution in [-0.2, 0) is 0 Å². The summed E-state index contributed by atoms with van der Waals surface area (Å²) in [5.41, 5.74) is 7.64. The fourth-order valence-electron chi connectivity index (χ4n) is 2.13. The number of aromatic hydroxyl groups is 1. The molecule has 0 bridgehead atoms. The van der Waals surface area contributed by atoms with Gasteiger partial charge in [0.1, 0.15) is 5.75 Å². The molecule has 0 aliphatic rings. The Morgan fingerprint density at radius 2 is 1.89 bits per heavy atom. The quantitative estimate of drug-likeness (QED) is 0.902. The van der Waals surface area contributed by atoms with Crippen LogP contribution < -0.4 is 10.6 Å². The first-order valence-corrected chi connectivity index (χ1v) is 6.47. The number of halogens is 1. The highest BCUT2D eigenvalue weighted by Crippen LogP contribution is 2.32. The van der Waals surface area contributed by atoms with Gasteiger partial charge < -0.3 is 15.7 Å². The number of likely N-dealkylation sites (N-methyl/N-ethyl adjacent to an activating group) is 1. The van der Waals surface area contributed by atoms with Crippen molar-refractivity contribution in [2.75, 3.05) is 18.5 Å². The van der Waals surface area contributed by atoms with Gasteiger partial charge in [0.2, 0.25) is 0 Å². The number of hydrogen-bond donors (Lipinski definition) is 2. The molecule has 19 heavy (non-hydrogen) atoms. The lowest BCUT2D eigenvalue weighted by Gasteiger charge is -2.30. The smallest absolute Gasteiger partial charge is 0.121 e. The Labute approximate surface area is 118 Å². The maximum absolute atomic E-state index is 9.99. The van der Waals surface area contributed by atoms with Gasteiger partial charge >= 0.3 is 0 Å². The Morgan fingerprint density at radius 1 is 1.21 bits per heavy atom. The number of hydrogen-bond acceptors (Lipinski definition) is 3. The average Bonchev–Trinajstić information content (AvgIpc) is 2.44. The van der Waals surface area contributed by atoms with Crippen LogP contribution in [0.3, 0.4) is 0 Å². The Hall–Kier alpha value is -1.71. The first-order chi connectivity index (χ1) is 9.13. The number of nitrogens with two attached hydrogens (primary N) is 1. The highest BCUT2D eigenvalue weighted by Gasteiger charge is 2.19. The minimum atomic E-state index is -0.124. The number of anilines is 1. The van der Waals surface area contributed by atoms with Gasteiger partial charge in [0.25, 0.3) is 0 Å². The van der Waals surface area contributed by atoms with E-state index in [1.807, 2.05) is 42.3 Å². The lowest BCUT2D eigenvalue weighted by Crippen LogP contribution is -2.30. The van der Waals surface area contributed by atoms with Crippen LogP contribution >= 0.6 is 11.6 Å². The highest BCUT2D eigenvalue weighted by atomic mass is 35.5. The van der Waals surface area contributed by atoms with Gasteiger partial charge in [0.15, 0.2) is 0 Å². The Bertz CT molecular complexity index is 545. The molecule has 0 radical (unpaired) electrons. The molecule has 1 atom stereocenters. The van der Waals surface area contributed by atoms with Gasteiger partial charge in [-0.15, -0.1) is 0 Å². The van der Waals surface area contributed by atoms with Crippen molar-refractivity contribution >= 4 is 17.3 Å². The van der Waals surface area contributed by atoms with Crippen molar-refractivity contribution in [2.45, 2.75) is 6.04 Å². The molecule has 4 heteroatoms. The molecule has 0 fully saturated rings. The van der Waals surface area contributed by atoms with E-state index >= 15 is 0 Å². The molecule has 0 heterocycles. The molecule has 0 saturated heterocycles. The van der Waals surface area contributed by atoms with Gasteiger partial charge in [0, 0.05) is 29.9 Å². The molecule has 0 saturated carbocycles. The van der Waals surface area contributed by atoms with Crippen LogP contribution in [0.5, 0.6) is 5.75 Å². The van der Waals surface area contributed by atoms with E-state index in [0.29, 0.717) is 11.6 Å². The van der Waals surface area contributed by atoms with Crippen LogP contribution in [0.15, 0.2) is 48.5 Å². The molecule has 0 amide bonds. The molecular formula is C15H17ClN2O. The number of phenolic OH excluding ortho intramolecular Hbond substituents is 1. The lowest BCUT2D eigenvalue weighted by molar-refractivity contribution is 0.460. The first-order valence-electron chi connectivity index (χ1n) is 6.10. The van der Waals surface area contributed by atoms with E-state index in [4.69, 9.17) is 17.3 Å². The van der Waals surface area contributed by atoms with Crippen molar-refractivity contribution < 1.29 is 5.11 Å². The van der Waals surface area contributed by atoms with E-state index in [-0.39, 0.29) is 11.8 Å². The fraction of sp³-hybridized carbons (Fsp3) is 0.200. The van der Waals surface area contributed by atoms with E-state index in [0.717, 1.165) is 11.3 Å². The topological polar surface area (TPSA) is 49.5 Å². The summed E-state index contributed by atoms with van der Waals surface area (Å²) in [6.45, 7) is 0.388. The summed E-state index contributed by atoms with van der Waals surface area (Å²) in [5, 5.41) is 10.6. The molecule has 2 aromatic carbocycles. The largest absolute Gasteiger partial charge is 0.508 e. The molecule has 0 spiro atoms. The Morgan fingerprint density at radius 3 is 2.53 bits per heavy atom. The van der Waals surface area contributed by atoms with Crippen LogP contribution in [-0.4, -0.2) is 18.7 Å².